The van der Waals surface area contributed by atoms with Crippen LogP contribution < -0.4 is 0 Å². The zero-order chi connectivity index (χ0) is 15.2. The average molecular weight is 386 g/mol. The number of hydrogen-bond acceptors (Lipinski definition) is 2. The van der Waals surface area contributed by atoms with E-state index in [-0.39, 0.29) is 6.61 Å². The fourth-order valence-electron chi connectivity index (χ4n) is 1.64. The number of carbonyl (C=O) groups excluding carboxylic acids is 1. The van der Waals surface area contributed by atoms with E-state index >= 15 is 0 Å². The minimum Gasteiger partial charge on any atom is -0.458 e. The van der Waals surface area contributed by atoms with Crippen molar-refractivity contribution in [3.8, 4) is 0 Å². The zero-order valence-electron chi connectivity index (χ0n) is 10.9. The molecule has 2 rings (SSSR count). The first-order valence-electron chi connectivity index (χ1n) is 6.09. The zero-order valence-corrected chi connectivity index (χ0v) is 14.0. The monoisotopic (exact) mass is 384 g/mol. The smallest absolute Gasteiger partial charge is 0.331 e. The van der Waals surface area contributed by atoms with Crippen LogP contribution in [0.2, 0.25) is 10.0 Å². The Hall–Kier alpha value is -1.29. The van der Waals surface area contributed by atoms with Crippen LogP contribution in [-0.2, 0) is 16.1 Å². The topological polar surface area (TPSA) is 26.3 Å². The molecule has 0 radical (unpaired) electrons. The molecule has 2 aromatic rings. The Bertz CT molecular complexity index is 663. The lowest BCUT2D eigenvalue weighted by Gasteiger charge is -2.06. The maximum atomic E-state index is 11.7. The quantitative estimate of drug-likeness (QED) is 0.512. The fraction of sp³-hybridized carbons (Fsp3) is 0.0625. The summed E-state index contributed by atoms with van der Waals surface area (Å²) in [5.41, 5.74) is 1.50. The van der Waals surface area contributed by atoms with Crippen molar-refractivity contribution in [2.45, 2.75) is 6.61 Å². The molecular weight excluding hydrogens is 375 g/mol. The van der Waals surface area contributed by atoms with Crippen molar-refractivity contribution in [1.29, 1.82) is 0 Å². The Balaban J connectivity index is 1.96. The third-order valence-corrected chi connectivity index (χ3v) is 3.88. The van der Waals surface area contributed by atoms with E-state index in [9.17, 15) is 4.79 Å². The molecule has 108 valence electrons. The number of rotatable bonds is 4. The fourth-order valence-corrected chi connectivity index (χ4v) is 2.56. The highest BCUT2D eigenvalue weighted by atomic mass is 79.9. The Kier molecular flexibility index (Phi) is 5.85. The predicted octanol–water partition coefficient (Wildman–Crippen LogP) is 5.51. The molecule has 0 atom stereocenters. The summed E-state index contributed by atoms with van der Waals surface area (Å²) in [7, 11) is 0. The second-order valence-corrected chi connectivity index (χ2v) is 5.93. The molecule has 0 unspecified atom stereocenters. The number of ether oxygens (including phenoxy) is 1. The van der Waals surface area contributed by atoms with Crippen LogP contribution >= 0.6 is 39.1 Å². The Morgan fingerprint density at radius 2 is 1.81 bits per heavy atom. The van der Waals surface area contributed by atoms with Gasteiger partial charge in [0.05, 0.1) is 0 Å². The molecule has 0 saturated carbocycles. The van der Waals surface area contributed by atoms with Gasteiger partial charge in [-0.25, -0.2) is 4.79 Å². The highest BCUT2D eigenvalue weighted by Gasteiger charge is 2.07. The second-order valence-electron chi connectivity index (χ2n) is 4.20. The normalized spacial score (nSPS) is 10.8. The summed E-state index contributed by atoms with van der Waals surface area (Å²) in [4.78, 5) is 11.7. The van der Waals surface area contributed by atoms with Crippen LogP contribution in [-0.4, -0.2) is 5.97 Å². The molecule has 0 bridgehead atoms. The Morgan fingerprint density at radius 3 is 2.48 bits per heavy atom. The number of hydrogen-bond donors (Lipinski definition) is 0. The highest BCUT2D eigenvalue weighted by molar-refractivity contribution is 9.10. The van der Waals surface area contributed by atoms with Crippen LogP contribution in [0, 0.1) is 0 Å². The number of halogens is 3. The van der Waals surface area contributed by atoms with Crippen molar-refractivity contribution >= 4 is 51.2 Å². The summed E-state index contributed by atoms with van der Waals surface area (Å²) in [5.74, 6) is -0.453. The van der Waals surface area contributed by atoms with Gasteiger partial charge < -0.3 is 4.74 Å². The minimum absolute atomic E-state index is 0.0418. The van der Waals surface area contributed by atoms with E-state index in [2.05, 4.69) is 15.9 Å². The molecule has 0 aliphatic heterocycles. The predicted molar refractivity (Wildman–Crippen MR) is 89.4 cm³/mol. The van der Waals surface area contributed by atoms with Gasteiger partial charge in [0, 0.05) is 26.2 Å². The van der Waals surface area contributed by atoms with E-state index in [0.29, 0.717) is 15.6 Å². The molecule has 5 heteroatoms. The molecule has 0 aromatic heterocycles. The summed E-state index contributed by atoms with van der Waals surface area (Å²) in [6.07, 6.45) is 3.05. The molecule has 0 fully saturated rings. The van der Waals surface area contributed by atoms with Gasteiger partial charge in [0.2, 0.25) is 0 Å². The lowest BCUT2D eigenvalue weighted by Crippen LogP contribution is -2.01. The lowest BCUT2D eigenvalue weighted by molar-refractivity contribution is -0.138. The largest absolute Gasteiger partial charge is 0.458 e. The molecule has 0 heterocycles. The molecule has 0 aliphatic carbocycles. The Morgan fingerprint density at radius 1 is 1.14 bits per heavy atom. The summed E-state index contributed by atoms with van der Waals surface area (Å²) in [5, 5.41) is 0.956. The van der Waals surface area contributed by atoms with Crippen LogP contribution in [0.4, 0.5) is 0 Å². The molecule has 0 aliphatic rings. The van der Waals surface area contributed by atoms with Crippen molar-refractivity contribution in [2.75, 3.05) is 0 Å². The number of benzene rings is 2. The van der Waals surface area contributed by atoms with Crippen molar-refractivity contribution in [1.82, 2.24) is 0 Å². The van der Waals surface area contributed by atoms with Gasteiger partial charge in [0.25, 0.3) is 0 Å². The van der Waals surface area contributed by atoms with E-state index in [0.717, 1.165) is 10.0 Å². The summed E-state index contributed by atoms with van der Waals surface area (Å²) >= 11 is 15.4. The Labute approximate surface area is 141 Å². The number of esters is 1. The van der Waals surface area contributed by atoms with E-state index in [1.54, 1.807) is 24.3 Å². The van der Waals surface area contributed by atoms with Crippen LogP contribution in [0.5, 0.6) is 0 Å². The first-order valence-corrected chi connectivity index (χ1v) is 7.64. The third-order valence-electron chi connectivity index (χ3n) is 2.68. The first kappa shape index (κ1) is 16.1. The summed E-state index contributed by atoms with van der Waals surface area (Å²) < 4.78 is 6.08. The molecule has 21 heavy (non-hydrogen) atoms. The van der Waals surface area contributed by atoms with Gasteiger partial charge in [-0.2, -0.15) is 0 Å². The van der Waals surface area contributed by atoms with Gasteiger partial charge >= 0.3 is 5.97 Å². The van der Waals surface area contributed by atoms with Crippen molar-refractivity contribution in [3.63, 3.8) is 0 Å². The maximum absolute atomic E-state index is 11.7. The molecule has 0 spiro atoms. The van der Waals surface area contributed by atoms with Crippen molar-refractivity contribution < 1.29 is 9.53 Å². The van der Waals surface area contributed by atoms with Crippen LogP contribution in [0.1, 0.15) is 11.1 Å². The molecule has 0 amide bonds. The molecular formula is C16H11BrCl2O2. The third kappa shape index (κ3) is 4.88. The van der Waals surface area contributed by atoms with Crippen LogP contribution in [0.15, 0.2) is 53.0 Å². The lowest BCUT2D eigenvalue weighted by atomic mass is 10.2. The SMILES string of the molecule is O=C(/C=C/c1cccc(Br)c1)OCc1c(Cl)cccc1Cl. The molecule has 0 saturated heterocycles. The van der Waals surface area contributed by atoms with E-state index < -0.39 is 5.97 Å². The van der Waals surface area contributed by atoms with Crippen LogP contribution in [0.3, 0.4) is 0 Å². The standard InChI is InChI=1S/C16H11BrCl2O2/c17-12-4-1-3-11(9-12)7-8-16(20)21-10-13-14(18)5-2-6-15(13)19/h1-9H,10H2/b8-7+. The molecule has 2 aromatic carbocycles. The molecule has 2 nitrogen and oxygen atoms in total. The highest BCUT2D eigenvalue weighted by Crippen LogP contribution is 2.24. The van der Waals surface area contributed by atoms with Gasteiger partial charge in [-0.3, -0.25) is 0 Å². The second kappa shape index (κ2) is 7.64. The van der Waals surface area contributed by atoms with E-state index in [1.165, 1.54) is 6.08 Å². The van der Waals surface area contributed by atoms with E-state index in [4.69, 9.17) is 27.9 Å². The first-order chi connectivity index (χ1) is 10.1. The van der Waals surface area contributed by atoms with Crippen molar-refractivity contribution in [2.24, 2.45) is 0 Å². The van der Waals surface area contributed by atoms with Gasteiger partial charge in [0.15, 0.2) is 0 Å². The minimum atomic E-state index is -0.453. The average Bonchev–Trinajstić information content (AvgIpc) is 2.45. The van der Waals surface area contributed by atoms with Crippen LogP contribution in [0.25, 0.3) is 6.08 Å². The van der Waals surface area contributed by atoms with Gasteiger partial charge in [-0.15, -0.1) is 0 Å². The van der Waals surface area contributed by atoms with Gasteiger partial charge in [0.1, 0.15) is 6.61 Å². The number of carbonyl (C=O) groups is 1. The summed E-state index contributed by atoms with van der Waals surface area (Å²) in [6, 6.07) is 12.7. The summed E-state index contributed by atoms with van der Waals surface area (Å²) in [6.45, 7) is 0.0418. The maximum Gasteiger partial charge on any atom is 0.331 e. The van der Waals surface area contributed by atoms with E-state index in [1.807, 2.05) is 24.3 Å². The molecule has 0 N–H and O–H groups in total. The van der Waals surface area contributed by atoms with Gasteiger partial charge in [-0.05, 0) is 35.9 Å². The van der Waals surface area contributed by atoms with Crippen molar-refractivity contribution in [3.05, 3.63) is 74.2 Å². The van der Waals surface area contributed by atoms with Gasteiger partial charge in [-0.1, -0.05) is 57.3 Å².